The molecule has 2 aromatic rings. The molecule has 248 valence electrons. The molecule has 10 heteroatoms. The quantitative estimate of drug-likeness (QED) is 0.220. The molecule has 4 aliphatic rings. The minimum Gasteiger partial charge on any atom is -0.495 e. The lowest BCUT2D eigenvalue weighted by Gasteiger charge is -2.43. The Morgan fingerprint density at radius 1 is 0.935 bits per heavy atom. The van der Waals surface area contributed by atoms with E-state index in [1.54, 1.807) is 12.0 Å². The van der Waals surface area contributed by atoms with Gasteiger partial charge in [0.05, 0.1) is 12.8 Å². The number of anilines is 2. The predicted molar refractivity (Wildman–Crippen MR) is 180 cm³/mol. The van der Waals surface area contributed by atoms with E-state index in [0.29, 0.717) is 30.3 Å². The summed E-state index contributed by atoms with van der Waals surface area (Å²) in [5.74, 6) is 0.0584. The molecule has 0 aliphatic carbocycles. The molecule has 3 saturated heterocycles. The standard InChI is InChI=1S/C36H50N6O4/c1-25-22-30(37)33(46-2)23-32(25)41-16-13-27(14-17-41)40-20-18-39(19-21-40)15-6-4-3-5-8-26-9-7-10-28-29(26)24-42(36(28)45)31-11-12-34(43)38-35(31)44/h7,9-10,22-23,27,31H,3-6,8,11-21,24,37H2,1-2H3,(H,38,43,44). The second kappa shape index (κ2) is 14.4. The maximum atomic E-state index is 13.1. The van der Waals surface area contributed by atoms with E-state index in [-0.39, 0.29) is 24.1 Å². The molecule has 0 radical (unpaired) electrons. The number of ether oxygens (including phenoxy) is 1. The van der Waals surface area contributed by atoms with Crippen LogP contribution in [-0.4, -0.2) is 97.4 Å². The average molecular weight is 631 g/mol. The van der Waals surface area contributed by atoms with Crippen LogP contribution in [-0.2, 0) is 22.6 Å². The number of piperazine rings is 1. The summed E-state index contributed by atoms with van der Waals surface area (Å²) in [5.41, 5.74) is 12.2. The number of nitrogens with one attached hydrogen (secondary N) is 1. The van der Waals surface area contributed by atoms with Crippen LogP contribution in [0.25, 0.3) is 0 Å². The van der Waals surface area contributed by atoms with Gasteiger partial charge in [0.25, 0.3) is 5.91 Å². The van der Waals surface area contributed by atoms with E-state index < -0.39 is 6.04 Å². The molecule has 46 heavy (non-hydrogen) atoms. The number of benzene rings is 2. The summed E-state index contributed by atoms with van der Waals surface area (Å²) in [6, 6.07) is 10.2. The van der Waals surface area contributed by atoms with Gasteiger partial charge in [-0.15, -0.1) is 0 Å². The zero-order valence-corrected chi connectivity index (χ0v) is 27.6. The van der Waals surface area contributed by atoms with Crippen LogP contribution >= 0.6 is 0 Å². The Kier molecular flexibility index (Phi) is 10.1. The first kappa shape index (κ1) is 32.3. The number of hydrogen-bond acceptors (Lipinski definition) is 8. The van der Waals surface area contributed by atoms with Gasteiger partial charge in [0, 0.05) is 75.6 Å². The fourth-order valence-corrected chi connectivity index (χ4v) is 7.93. The Morgan fingerprint density at radius 3 is 2.43 bits per heavy atom. The lowest BCUT2D eigenvalue weighted by molar-refractivity contribution is -0.136. The van der Waals surface area contributed by atoms with E-state index in [4.69, 9.17) is 10.5 Å². The fraction of sp³-hybridized carbons (Fsp3) is 0.583. The second-order valence-corrected chi connectivity index (χ2v) is 13.5. The molecule has 1 atom stereocenters. The van der Waals surface area contributed by atoms with Crippen LogP contribution in [0, 0.1) is 6.92 Å². The van der Waals surface area contributed by atoms with Gasteiger partial charge in [-0.25, -0.2) is 0 Å². The molecular weight excluding hydrogens is 580 g/mol. The fourth-order valence-electron chi connectivity index (χ4n) is 7.93. The van der Waals surface area contributed by atoms with Crippen molar-refractivity contribution in [3.63, 3.8) is 0 Å². The van der Waals surface area contributed by atoms with Crippen molar-refractivity contribution in [2.45, 2.75) is 83.3 Å². The monoisotopic (exact) mass is 630 g/mol. The van der Waals surface area contributed by atoms with E-state index in [2.05, 4.69) is 39.1 Å². The molecule has 4 aliphatic heterocycles. The van der Waals surface area contributed by atoms with Gasteiger partial charge in [-0.1, -0.05) is 25.0 Å². The van der Waals surface area contributed by atoms with Crippen molar-refractivity contribution in [3.8, 4) is 5.75 Å². The van der Waals surface area contributed by atoms with Gasteiger partial charge in [-0.2, -0.15) is 0 Å². The molecule has 3 N–H and O–H groups in total. The summed E-state index contributed by atoms with van der Waals surface area (Å²) < 4.78 is 5.47. The second-order valence-electron chi connectivity index (χ2n) is 13.5. The number of nitrogen functional groups attached to an aromatic ring is 1. The number of nitrogens with two attached hydrogens (primary N) is 1. The van der Waals surface area contributed by atoms with E-state index in [1.165, 1.54) is 55.5 Å². The lowest BCUT2D eigenvalue weighted by atomic mass is 9.98. The zero-order valence-electron chi connectivity index (χ0n) is 27.6. The van der Waals surface area contributed by atoms with E-state index in [1.807, 2.05) is 18.2 Å². The number of amides is 3. The highest BCUT2D eigenvalue weighted by molar-refractivity contribution is 6.05. The van der Waals surface area contributed by atoms with Crippen LogP contribution in [0.2, 0.25) is 0 Å². The van der Waals surface area contributed by atoms with Gasteiger partial charge in [0.2, 0.25) is 11.8 Å². The van der Waals surface area contributed by atoms with E-state index in [9.17, 15) is 14.4 Å². The predicted octanol–water partition coefficient (Wildman–Crippen LogP) is 3.74. The van der Waals surface area contributed by atoms with Crippen molar-refractivity contribution in [1.82, 2.24) is 20.0 Å². The molecule has 3 fully saturated rings. The molecule has 4 heterocycles. The number of rotatable bonds is 11. The molecule has 0 saturated carbocycles. The van der Waals surface area contributed by atoms with Gasteiger partial charge in [-0.05, 0) is 80.8 Å². The molecule has 3 amide bonds. The molecule has 0 bridgehead atoms. The number of carbonyl (C=O) groups excluding carboxylic acids is 3. The van der Waals surface area contributed by atoms with Crippen molar-refractivity contribution < 1.29 is 19.1 Å². The first-order chi connectivity index (χ1) is 22.3. The Hall–Kier alpha value is -3.63. The maximum Gasteiger partial charge on any atom is 0.255 e. The molecular formula is C36H50N6O4. The number of unbranched alkanes of at least 4 members (excludes halogenated alkanes) is 3. The summed E-state index contributed by atoms with van der Waals surface area (Å²) in [5, 5.41) is 2.39. The number of imide groups is 1. The number of nitrogens with zero attached hydrogens (tertiary/aromatic N) is 4. The Balaban J connectivity index is 0.876. The summed E-state index contributed by atoms with van der Waals surface area (Å²) in [6.07, 6.45) is 8.71. The number of fused-ring (bicyclic) bond motifs is 1. The van der Waals surface area contributed by atoms with Crippen LogP contribution in [0.1, 0.15) is 78.4 Å². The van der Waals surface area contributed by atoms with Crippen molar-refractivity contribution in [1.29, 1.82) is 0 Å². The summed E-state index contributed by atoms with van der Waals surface area (Å²) in [7, 11) is 1.68. The smallest absolute Gasteiger partial charge is 0.255 e. The number of piperidine rings is 2. The number of hydrogen-bond donors (Lipinski definition) is 2. The summed E-state index contributed by atoms with van der Waals surface area (Å²) in [4.78, 5) is 46.6. The Labute approximate surface area is 273 Å². The zero-order chi connectivity index (χ0) is 32.2. The van der Waals surface area contributed by atoms with Crippen LogP contribution in [0.4, 0.5) is 11.4 Å². The van der Waals surface area contributed by atoms with Crippen molar-refractivity contribution in [2.24, 2.45) is 0 Å². The SMILES string of the molecule is COc1cc(N2CCC(N3CCN(CCCCCCc4cccc5c4CN(C4CCC(=O)NC4=O)C5=O)CC3)CC2)c(C)cc1N. The maximum absolute atomic E-state index is 13.1. The normalized spacial score (nSPS) is 21.5. The summed E-state index contributed by atoms with van der Waals surface area (Å²) in [6.45, 7) is 10.5. The number of carbonyl (C=O) groups is 3. The van der Waals surface area contributed by atoms with Crippen molar-refractivity contribution in [3.05, 3.63) is 52.6 Å². The molecule has 10 nitrogen and oxygen atoms in total. The Bertz CT molecular complexity index is 1430. The van der Waals surface area contributed by atoms with Crippen LogP contribution < -0.4 is 20.7 Å². The summed E-state index contributed by atoms with van der Waals surface area (Å²) >= 11 is 0. The molecule has 0 spiro atoms. The van der Waals surface area contributed by atoms with Gasteiger partial charge < -0.3 is 25.2 Å². The third-order valence-electron chi connectivity index (χ3n) is 10.6. The molecule has 2 aromatic carbocycles. The van der Waals surface area contributed by atoms with Gasteiger partial charge in [-0.3, -0.25) is 24.6 Å². The third-order valence-corrected chi connectivity index (χ3v) is 10.6. The van der Waals surface area contributed by atoms with E-state index in [0.717, 1.165) is 63.4 Å². The van der Waals surface area contributed by atoms with Crippen molar-refractivity contribution in [2.75, 3.05) is 63.6 Å². The number of aryl methyl sites for hydroxylation is 2. The van der Waals surface area contributed by atoms with E-state index >= 15 is 0 Å². The van der Waals surface area contributed by atoms with Gasteiger partial charge in [0.1, 0.15) is 11.8 Å². The van der Waals surface area contributed by atoms with Crippen molar-refractivity contribution >= 4 is 29.1 Å². The Morgan fingerprint density at radius 2 is 1.70 bits per heavy atom. The third kappa shape index (κ3) is 7.03. The average Bonchev–Trinajstić information content (AvgIpc) is 3.39. The highest BCUT2D eigenvalue weighted by Crippen LogP contribution is 2.34. The largest absolute Gasteiger partial charge is 0.495 e. The first-order valence-corrected chi connectivity index (χ1v) is 17.2. The van der Waals surface area contributed by atoms with Crippen LogP contribution in [0.5, 0.6) is 5.75 Å². The van der Waals surface area contributed by atoms with Gasteiger partial charge in [0.15, 0.2) is 0 Å². The van der Waals surface area contributed by atoms with Crippen LogP contribution in [0.3, 0.4) is 0 Å². The molecule has 0 aromatic heterocycles. The first-order valence-electron chi connectivity index (χ1n) is 17.2. The lowest BCUT2D eigenvalue weighted by Crippen LogP contribution is -2.53. The molecule has 6 rings (SSSR count). The minimum atomic E-state index is -0.560. The topological polar surface area (TPSA) is 111 Å². The number of methoxy groups -OCH3 is 1. The minimum absolute atomic E-state index is 0.0915. The highest BCUT2D eigenvalue weighted by Gasteiger charge is 2.39. The molecule has 1 unspecified atom stereocenters. The van der Waals surface area contributed by atoms with Gasteiger partial charge >= 0.3 is 0 Å². The highest BCUT2D eigenvalue weighted by atomic mass is 16.5. The van der Waals surface area contributed by atoms with Crippen LogP contribution in [0.15, 0.2) is 30.3 Å².